The number of esters is 1. The molecule has 0 saturated carbocycles. The molecule has 1 atom stereocenters. The van der Waals surface area contributed by atoms with Crippen LogP contribution in [0, 0.1) is 0 Å². The first kappa shape index (κ1) is 16.0. The van der Waals surface area contributed by atoms with E-state index in [0.29, 0.717) is 10.9 Å². The molecule has 0 aliphatic carbocycles. The number of hydrogen-bond acceptors (Lipinski definition) is 6. The van der Waals surface area contributed by atoms with Crippen molar-refractivity contribution in [2.45, 2.75) is 26.1 Å². The van der Waals surface area contributed by atoms with Crippen LogP contribution in [0.3, 0.4) is 0 Å². The summed E-state index contributed by atoms with van der Waals surface area (Å²) in [6.07, 6.45) is 0. The van der Waals surface area contributed by atoms with E-state index in [4.69, 9.17) is 4.74 Å². The Hall–Kier alpha value is -2.35. The van der Waals surface area contributed by atoms with E-state index in [0.717, 1.165) is 5.56 Å². The number of carbonyl (C=O) groups is 3. The summed E-state index contributed by atoms with van der Waals surface area (Å²) >= 11 is 1.24. The Bertz CT molecular complexity index is 659. The topological polar surface area (TPSA) is 88.1 Å². The fraction of sp³-hybridized carbons (Fsp3) is 0.286. The SMILES string of the molecule is CC(=O)NC1=NN(C(C)=O)[C@H](c2cccc(OC(C)=O)c2)S1. The summed E-state index contributed by atoms with van der Waals surface area (Å²) in [6, 6.07) is 6.84. The predicted molar refractivity (Wildman–Crippen MR) is 81.9 cm³/mol. The second-order valence-electron chi connectivity index (χ2n) is 4.59. The number of carbonyl (C=O) groups excluding carboxylic acids is 3. The van der Waals surface area contributed by atoms with Crippen LogP contribution in [-0.4, -0.2) is 28.0 Å². The van der Waals surface area contributed by atoms with Crippen LogP contribution in [0.15, 0.2) is 29.4 Å². The van der Waals surface area contributed by atoms with Crippen LogP contribution in [0.25, 0.3) is 0 Å². The molecule has 8 heteroatoms. The van der Waals surface area contributed by atoms with Gasteiger partial charge < -0.3 is 10.1 Å². The molecule has 1 aliphatic heterocycles. The monoisotopic (exact) mass is 321 g/mol. The molecule has 0 aromatic heterocycles. The molecule has 1 N–H and O–H groups in total. The average molecular weight is 321 g/mol. The highest BCUT2D eigenvalue weighted by Crippen LogP contribution is 2.39. The molecule has 0 radical (unpaired) electrons. The minimum absolute atomic E-state index is 0.254. The van der Waals surface area contributed by atoms with Gasteiger partial charge in [-0.1, -0.05) is 23.9 Å². The average Bonchev–Trinajstić information content (AvgIpc) is 2.81. The van der Waals surface area contributed by atoms with Crippen LogP contribution in [0.2, 0.25) is 0 Å². The quantitative estimate of drug-likeness (QED) is 0.660. The van der Waals surface area contributed by atoms with Crippen molar-refractivity contribution in [2.24, 2.45) is 5.10 Å². The van der Waals surface area contributed by atoms with Crippen molar-refractivity contribution in [3.63, 3.8) is 0 Å². The fourth-order valence-corrected chi connectivity index (χ4v) is 3.00. The number of amides is 2. The third-order valence-corrected chi connectivity index (χ3v) is 3.76. The van der Waals surface area contributed by atoms with Gasteiger partial charge in [0.15, 0.2) is 5.17 Å². The van der Waals surface area contributed by atoms with Crippen molar-refractivity contribution in [2.75, 3.05) is 0 Å². The van der Waals surface area contributed by atoms with Gasteiger partial charge in [0, 0.05) is 20.8 Å². The first-order chi connectivity index (χ1) is 10.4. The molecule has 0 spiro atoms. The van der Waals surface area contributed by atoms with Crippen LogP contribution in [0.4, 0.5) is 0 Å². The fourth-order valence-electron chi connectivity index (χ4n) is 1.88. The standard InChI is InChI=1S/C14H15N3O4S/c1-8(18)15-14-16-17(9(2)19)13(22-14)11-5-4-6-12(7-11)21-10(3)20/h4-7,13H,1-3H3,(H,15,16,18)/t13-/m0/s1. The summed E-state index contributed by atoms with van der Waals surface area (Å²) in [6.45, 7) is 4.08. The Kier molecular flexibility index (Phi) is 4.81. The van der Waals surface area contributed by atoms with Crippen molar-refractivity contribution < 1.29 is 19.1 Å². The van der Waals surface area contributed by atoms with Crippen molar-refractivity contribution in [1.29, 1.82) is 0 Å². The molecule has 1 aliphatic rings. The molecule has 0 saturated heterocycles. The number of thioether (sulfide) groups is 1. The van der Waals surface area contributed by atoms with Crippen LogP contribution < -0.4 is 10.1 Å². The predicted octanol–water partition coefficient (Wildman–Crippen LogP) is 1.61. The van der Waals surface area contributed by atoms with E-state index < -0.39 is 11.3 Å². The van der Waals surface area contributed by atoms with Gasteiger partial charge in [0.05, 0.1) is 0 Å². The van der Waals surface area contributed by atoms with Crippen LogP contribution in [-0.2, 0) is 14.4 Å². The van der Waals surface area contributed by atoms with E-state index in [2.05, 4.69) is 10.4 Å². The molecular formula is C14H15N3O4S. The van der Waals surface area contributed by atoms with Gasteiger partial charge in [-0.15, -0.1) is 5.10 Å². The number of nitrogens with zero attached hydrogens (tertiary/aromatic N) is 2. The van der Waals surface area contributed by atoms with Gasteiger partial charge in [0.1, 0.15) is 11.1 Å². The highest BCUT2D eigenvalue weighted by Gasteiger charge is 2.32. The van der Waals surface area contributed by atoms with Gasteiger partial charge in [-0.2, -0.15) is 0 Å². The molecule has 2 amide bonds. The Balaban J connectivity index is 2.25. The smallest absolute Gasteiger partial charge is 0.308 e. The lowest BCUT2D eigenvalue weighted by Crippen LogP contribution is -2.25. The lowest BCUT2D eigenvalue weighted by molar-refractivity contribution is -0.132. The van der Waals surface area contributed by atoms with E-state index in [1.54, 1.807) is 24.3 Å². The van der Waals surface area contributed by atoms with E-state index in [1.807, 2.05) is 0 Å². The van der Waals surface area contributed by atoms with E-state index in [-0.39, 0.29) is 11.8 Å². The third kappa shape index (κ3) is 3.85. The number of ether oxygens (including phenoxy) is 1. The number of hydrazone groups is 1. The van der Waals surface area contributed by atoms with E-state index >= 15 is 0 Å². The molecular weight excluding hydrogens is 306 g/mol. The summed E-state index contributed by atoms with van der Waals surface area (Å²) < 4.78 is 5.04. The number of benzene rings is 1. The lowest BCUT2D eigenvalue weighted by atomic mass is 10.2. The van der Waals surface area contributed by atoms with Gasteiger partial charge in [0.25, 0.3) is 0 Å². The summed E-state index contributed by atoms with van der Waals surface area (Å²) in [5.74, 6) is -0.545. The summed E-state index contributed by atoms with van der Waals surface area (Å²) in [4.78, 5) is 33.9. The Morgan fingerprint density at radius 2 is 2.00 bits per heavy atom. The zero-order valence-corrected chi connectivity index (χ0v) is 13.1. The molecule has 0 fully saturated rings. The zero-order chi connectivity index (χ0) is 16.3. The van der Waals surface area contributed by atoms with Gasteiger partial charge in [-0.05, 0) is 17.7 Å². The second-order valence-corrected chi connectivity index (χ2v) is 5.66. The molecule has 1 aromatic carbocycles. The highest BCUT2D eigenvalue weighted by atomic mass is 32.2. The molecule has 22 heavy (non-hydrogen) atoms. The van der Waals surface area contributed by atoms with Crippen LogP contribution in [0.5, 0.6) is 5.75 Å². The molecule has 7 nitrogen and oxygen atoms in total. The zero-order valence-electron chi connectivity index (χ0n) is 12.3. The van der Waals surface area contributed by atoms with Crippen molar-refractivity contribution in [1.82, 2.24) is 10.3 Å². The Labute approximate surface area is 131 Å². The number of hydrogen-bond donors (Lipinski definition) is 1. The van der Waals surface area contributed by atoms with Crippen LogP contribution >= 0.6 is 11.8 Å². The van der Waals surface area contributed by atoms with Crippen molar-refractivity contribution in [3.8, 4) is 5.75 Å². The summed E-state index contributed by atoms with van der Waals surface area (Å²) in [5, 5.41) is 7.88. The van der Waals surface area contributed by atoms with Crippen LogP contribution in [0.1, 0.15) is 31.7 Å². The van der Waals surface area contributed by atoms with Crippen molar-refractivity contribution in [3.05, 3.63) is 29.8 Å². The minimum Gasteiger partial charge on any atom is -0.427 e. The maximum absolute atomic E-state index is 11.7. The molecule has 116 valence electrons. The summed E-state index contributed by atoms with van der Waals surface area (Å²) in [5.41, 5.74) is 0.739. The second kappa shape index (κ2) is 6.61. The largest absolute Gasteiger partial charge is 0.427 e. The van der Waals surface area contributed by atoms with Crippen molar-refractivity contribution >= 4 is 34.7 Å². The van der Waals surface area contributed by atoms with Gasteiger partial charge >= 0.3 is 5.97 Å². The normalized spacial score (nSPS) is 17.0. The lowest BCUT2D eigenvalue weighted by Gasteiger charge is -2.19. The minimum atomic E-state index is -0.421. The maximum atomic E-state index is 11.7. The number of nitrogens with one attached hydrogen (secondary N) is 1. The number of rotatable bonds is 2. The molecule has 0 unspecified atom stereocenters. The first-order valence-corrected chi connectivity index (χ1v) is 7.36. The third-order valence-electron chi connectivity index (χ3n) is 2.65. The maximum Gasteiger partial charge on any atom is 0.308 e. The van der Waals surface area contributed by atoms with Gasteiger partial charge in [-0.3, -0.25) is 14.4 Å². The Morgan fingerprint density at radius 3 is 2.59 bits per heavy atom. The Morgan fingerprint density at radius 1 is 1.27 bits per heavy atom. The van der Waals surface area contributed by atoms with E-state index in [1.165, 1.54) is 37.5 Å². The molecule has 2 rings (SSSR count). The van der Waals surface area contributed by atoms with Gasteiger partial charge in [0.2, 0.25) is 11.8 Å². The molecule has 1 heterocycles. The first-order valence-electron chi connectivity index (χ1n) is 6.48. The summed E-state index contributed by atoms with van der Waals surface area (Å²) in [7, 11) is 0. The highest BCUT2D eigenvalue weighted by molar-refractivity contribution is 8.14. The molecule has 1 aromatic rings. The molecule has 0 bridgehead atoms. The van der Waals surface area contributed by atoms with Gasteiger partial charge in [-0.25, -0.2) is 5.01 Å². The van der Waals surface area contributed by atoms with E-state index in [9.17, 15) is 14.4 Å². The number of amidine groups is 1.